The second kappa shape index (κ2) is 4.15. The van der Waals surface area contributed by atoms with E-state index in [2.05, 4.69) is 18.2 Å². The Morgan fingerprint density at radius 3 is 2.12 bits per heavy atom. The van der Waals surface area contributed by atoms with Crippen LogP contribution < -0.4 is 11.0 Å². The SMILES string of the molecule is C1=CCC(P(c2ccco2)c2ccco2)=C1. The van der Waals surface area contributed by atoms with Gasteiger partial charge in [0, 0.05) is 0 Å². The second-order valence-electron chi connectivity index (χ2n) is 3.53. The van der Waals surface area contributed by atoms with E-state index in [9.17, 15) is 0 Å². The van der Waals surface area contributed by atoms with E-state index in [1.165, 1.54) is 5.31 Å². The zero-order chi connectivity index (χ0) is 10.8. The van der Waals surface area contributed by atoms with Gasteiger partial charge in [-0.25, -0.2) is 0 Å². The molecule has 3 rings (SSSR count). The zero-order valence-electron chi connectivity index (χ0n) is 8.67. The summed E-state index contributed by atoms with van der Waals surface area (Å²) in [6.45, 7) is 0. The number of hydrogen-bond donors (Lipinski definition) is 0. The third kappa shape index (κ3) is 1.66. The van der Waals surface area contributed by atoms with Crippen molar-refractivity contribution in [1.82, 2.24) is 0 Å². The minimum Gasteiger partial charge on any atom is -0.464 e. The van der Waals surface area contributed by atoms with Crippen LogP contribution in [0.25, 0.3) is 0 Å². The molecule has 1 aliphatic carbocycles. The molecule has 2 aromatic rings. The smallest absolute Gasteiger partial charge is 0.137 e. The molecule has 80 valence electrons. The molecule has 0 N–H and O–H groups in total. The molecule has 0 fully saturated rings. The monoisotopic (exact) mass is 230 g/mol. The van der Waals surface area contributed by atoms with Crippen LogP contribution in [-0.2, 0) is 0 Å². The Balaban J connectivity index is 2.02. The Morgan fingerprint density at radius 1 is 1.00 bits per heavy atom. The van der Waals surface area contributed by atoms with Gasteiger partial charge in [0.25, 0.3) is 0 Å². The van der Waals surface area contributed by atoms with Crippen LogP contribution in [0.1, 0.15) is 6.42 Å². The fourth-order valence-corrected chi connectivity index (χ4v) is 3.90. The molecule has 0 saturated heterocycles. The predicted octanol–water partition coefficient (Wildman–Crippen LogP) is 3.15. The van der Waals surface area contributed by atoms with E-state index >= 15 is 0 Å². The van der Waals surface area contributed by atoms with E-state index in [4.69, 9.17) is 8.83 Å². The van der Waals surface area contributed by atoms with Crippen molar-refractivity contribution < 1.29 is 8.83 Å². The Hall–Kier alpha value is -1.53. The summed E-state index contributed by atoms with van der Waals surface area (Å²) in [5.41, 5.74) is 2.00. The molecule has 2 heterocycles. The quantitative estimate of drug-likeness (QED) is 0.757. The molecule has 0 saturated carbocycles. The average molecular weight is 230 g/mol. The van der Waals surface area contributed by atoms with Crippen LogP contribution in [0.15, 0.2) is 69.2 Å². The number of hydrogen-bond acceptors (Lipinski definition) is 2. The van der Waals surface area contributed by atoms with Gasteiger partial charge in [0.05, 0.1) is 20.4 Å². The molecule has 2 aromatic heterocycles. The largest absolute Gasteiger partial charge is 0.464 e. The van der Waals surface area contributed by atoms with Gasteiger partial charge < -0.3 is 8.83 Å². The summed E-state index contributed by atoms with van der Waals surface area (Å²) in [4.78, 5) is 0. The summed E-state index contributed by atoms with van der Waals surface area (Å²) in [7, 11) is -0.613. The summed E-state index contributed by atoms with van der Waals surface area (Å²) < 4.78 is 11.1. The van der Waals surface area contributed by atoms with Crippen LogP contribution in [0, 0.1) is 0 Å². The van der Waals surface area contributed by atoms with Crippen molar-refractivity contribution >= 4 is 18.9 Å². The summed E-state index contributed by atoms with van der Waals surface area (Å²) in [6.07, 6.45) is 10.9. The number of rotatable bonds is 3. The minimum absolute atomic E-state index is 0.613. The summed E-state index contributed by atoms with van der Waals surface area (Å²) in [5.74, 6) is 0. The minimum atomic E-state index is -0.613. The van der Waals surface area contributed by atoms with Gasteiger partial charge >= 0.3 is 0 Å². The normalized spacial score (nSPS) is 14.7. The van der Waals surface area contributed by atoms with Crippen molar-refractivity contribution in [1.29, 1.82) is 0 Å². The van der Waals surface area contributed by atoms with E-state index in [0.29, 0.717) is 0 Å². The molecule has 2 nitrogen and oxygen atoms in total. The Kier molecular flexibility index (Phi) is 2.51. The summed E-state index contributed by atoms with van der Waals surface area (Å²) >= 11 is 0. The standard InChI is InChI=1S/C13H11O2P/c1-2-6-11(5-1)16(12-7-3-9-14-12)13-8-4-10-15-13/h1-5,7-10H,6H2. The molecule has 0 spiro atoms. The van der Waals surface area contributed by atoms with Gasteiger partial charge in [0.2, 0.25) is 0 Å². The lowest BCUT2D eigenvalue weighted by Crippen LogP contribution is -2.09. The third-order valence-corrected chi connectivity index (χ3v) is 4.79. The molecular weight excluding hydrogens is 219 g/mol. The Morgan fingerprint density at radius 2 is 1.69 bits per heavy atom. The van der Waals surface area contributed by atoms with Gasteiger partial charge in [0.1, 0.15) is 11.0 Å². The topological polar surface area (TPSA) is 26.3 Å². The zero-order valence-corrected chi connectivity index (χ0v) is 9.56. The van der Waals surface area contributed by atoms with Crippen molar-refractivity contribution in [2.24, 2.45) is 0 Å². The molecule has 16 heavy (non-hydrogen) atoms. The molecule has 0 aliphatic heterocycles. The maximum absolute atomic E-state index is 5.53. The molecule has 0 aromatic carbocycles. The van der Waals surface area contributed by atoms with Gasteiger partial charge in [-0.15, -0.1) is 0 Å². The molecule has 0 radical (unpaired) electrons. The van der Waals surface area contributed by atoms with E-state index in [0.717, 1.165) is 17.4 Å². The molecule has 0 atom stereocenters. The van der Waals surface area contributed by atoms with Crippen LogP contribution in [0.2, 0.25) is 0 Å². The highest BCUT2D eigenvalue weighted by Crippen LogP contribution is 2.46. The van der Waals surface area contributed by atoms with Gasteiger partial charge in [-0.3, -0.25) is 0 Å². The molecule has 0 bridgehead atoms. The third-order valence-electron chi connectivity index (χ3n) is 2.49. The molecule has 0 amide bonds. The van der Waals surface area contributed by atoms with Gasteiger partial charge in [0.15, 0.2) is 0 Å². The van der Waals surface area contributed by atoms with Gasteiger partial charge in [-0.05, 0) is 36.0 Å². The van der Waals surface area contributed by atoms with Gasteiger partial charge in [-0.2, -0.15) is 0 Å². The lowest BCUT2D eigenvalue weighted by atomic mass is 10.5. The van der Waals surface area contributed by atoms with E-state index in [-0.39, 0.29) is 0 Å². The molecule has 0 unspecified atom stereocenters. The first-order chi connectivity index (χ1) is 7.95. The maximum Gasteiger partial charge on any atom is 0.137 e. The van der Waals surface area contributed by atoms with Crippen LogP contribution in [0.5, 0.6) is 0 Å². The van der Waals surface area contributed by atoms with Crippen LogP contribution in [-0.4, -0.2) is 0 Å². The van der Waals surface area contributed by atoms with E-state index < -0.39 is 7.92 Å². The van der Waals surface area contributed by atoms with E-state index in [1.54, 1.807) is 12.5 Å². The van der Waals surface area contributed by atoms with Crippen molar-refractivity contribution in [2.45, 2.75) is 6.42 Å². The highest BCUT2D eigenvalue weighted by molar-refractivity contribution is 7.76. The first-order valence-corrected chi connectivity index (χ1v) is 6.52. The first-order valence-electron chi connectivity index (χ1n) is 5.18. The number of allylic oxidation sites excluding steroid dienone is 4. The lowest BCUT2D eigenvalue weighted by molar-refractivity contribution is 0.593. The van der Waals surface area contributed by atoms with Crippen LogP contribution >= 0.6 is 7.92 Å². The molecular formula is C13H11O2P. The maximum atomic E-state index is 5.53. The van der Waals surface area contributed by atoms with Crippen molar-refractivity contribution in [2.75, 3.05) is 0 Å². The highest BCUT2D eigenvalue weighted by atomic mass is 31.1. The number of furan rings is 2. The lowest BCUT2D eigenvalue weighted by Gasteiger charge is -2.13. The van der Waals surface area contributed by atoms with Crippen LogP contribution in [0.3, 0.4) is 0 Å². The Labute approximate surface area is 95.0 Å². The first kappa shape index (κ1) is 9.68. The molecule has 1 aliphatic rings. The van der Waals surface area contributed by atoms with E-state index in [1.807, 2.05) is 24.3 Å². The predicted molar refractivity (Wildman–Crippen MR) is 65.4 cm³/mol. The average Bonchev–Trinajstić information content (AvgIpc) is 3.02. The van der Waals surface area contributed by atoms with Crippen LogP contribution in [0.4, 0.5) is 0 Å². The second-order valence-corrected chi connectivity index (χ2v) is 5.66. The Bertz CT molecular complexity index is 472. The van der Waals surface area contributed by atoms with Crippen molar-refractivity contribution in [3.8, 4) is 0 Å². The highest BCUT2D eigenvalue weighted by Gasteiger charge is 2.24. The van der Waals surface area contributed by atoms with Crippen molar-refractivity contribution in [3.63, 3.8) is 0 Å². The fraction of sp³-hybridized carbons (Fsp3) is 0.0769. The van der Waals surface area contributed by atoms with Gasteiger partial charge in [-0.1, -0.05) is 18.2 Å². The fourth-order valence-electron chi connectivity index (χ4n) is 1.79. The summed E-state index contributed by atoms with van der Waals surface area (Å²) in [6, 6.07) is 7.90. The van der Waals surface area contributed by atoms with Crippen molar-refractivity contribution in [3.05, 3.63) is 60.3 Å². The molecule has 3 heteroatoms. The summed E-state index contributed by atoms with van der Waals surface area (Å²) in [5, 5.41) is 1.37.